The third kappa shape index (κ3) is 4.32. The maximum absolute atomic E-state index is 12.3. The minimum absolute atomic E-state index is 0.198. The number of aryl methyl sites for hydroxylation is 2. The molecule has 0 radical (unpaired) electrons. The molecule has 0 unspecified atom stereocenters. The lowest BCUT2D eigenvalue weighted by Gasteiger charge is -2.15. The molecular formula is C20H21N3O2. The van der Waals surface area contributed by atoms with Gasteiger partial charge in [0.2, 0.25) is 0 Å². The molecule has 128 valence electrons. The summed E-state index contributed by atoms with van der Waals surface area (Å²) in [6.45, 7) is 5.83. The topological polar surface area (TPSA) is 64.1 Å². The molecule has 3 rings (SSSR count). The van der Waals surface area contributed by atoms with E-state index < -0.39 is 6.10 Å². The summed E-state index contributed by atoms with van der Waals surface area (Å²) in [7, 11) is 0. The van der Waals surface area contributed by atoms with Crippen molar-refractivity contribution < 1.29 is 9.53 Å². The standard InChI is InChI=1S/C20H21N3O2/c1-13-10-14(2)23-19(22-13)12-21-20(24)15(3)25-18-9-8-16-6-4-5-7-17(16)11-18/h4-11,15H,12H2,1-3H3,(H,21,24)/t15-/m1/s1. The molecule has 5 nitrogen and oxygen atoms in total. The van der Waals surface area contributed by atoms with Crippen molar-refractivity contribution in [1.29, 1.82) is 0 Å². The van der Waals surface area contributed by atoms with E-state index in [2.05, 4.69) is 15.3 Å². The van der Waals surface area contributed by atoms with Gasteiger partial charge in [-0.3, -0.25) is 4.79 Å². The first-order chi connectivity index (χ1) is 12.0. The Labute approximate surface area is 147 Å². The van der Waals surface area contributed by atoms with Crippen LogP contribution in [0, 0.1) is 13.8 Å². The number of aromatic nitrogens is 2. The molecule has 3 aromatic rings. The van der Waals surface area contributed by atoms with Gasteiger partial charge in [-0.2, -0.15) is 0 Å². The highest BCUT2D eigenvalue weighted by Gasteiger charge is 2.15. The fourth-order valence-corrected chi connectivity index (χ4v) is 2.69. The Balaban J connectivity index is 1.61. The molecule has 0 bridgehead atoms. The highest BCUT2D eigenvalue weighted by Crippen LogP contribution is 2.21. The molecule has 0 aliphatic rings. The normalized spacial score (nSPS) is 12.0. The van der Waals surface area contributed by atoms with Crippen molar-refractivity contribution in [2.24, 2.45) is 0 Å². The minimum atomic E-state index is -0.605. The molecule has 5 heteroatoms. The number of carbonyl (C=O) groups is 1. The maximum Gasteiger partial charge on any atom is 0.261 e. The Kier molecular flexibility index (Phi) is 4.93. The second-order valence-electron chi connectivity index (χ2n) is 6.05. The van der Waals surface area contributed by atoms with Crippen LogP contribution in [-0.2, 0) is 11.3 Å². The lowest BCUT2D eigenvalue weighted by Crippen LogP contribution is -2.36. The molecule has 0 aliphatic heterocycles. The quantitative estimate of drug-likeness (QED) is 0.777. The van der Waals surface area contributed by atoms with Gasteiger partial charge in [-0.25, -0.2) is 9.97 Å². The van der Waals surface area contributed by atoms with Crippen molar-refractivity contribution >= 4 is 16.7 Å². The SMILES string of the molecule is Cc1cc(C)nc(CNC(=O)[C@@H](C)Oc2ccc3ccccc3c2)n1. The Morgan fingerprint density at radius 1 is 1.04 bits per heavy atom. The highest BCUT2D eigenvalue weighted by atomic mass is 16.5. The van der Waals surface area contributed by atoms with Crippen molar-refractivity contribution in [1.82, 2.24) is 15.3 Å². The summed E-state index contributed by atoms with van der Waals surface area (Å²) in [5.74, 6) is 1.07. The molecule has 2 aromatic carbocycles. The maximum atomic E-state index is 12.3. The van der Waals surface area contributed by atoms with Crippen molar-refractivity contribution in [3.63, 3.8) is 0 Å². The van der Waals surface area contributed by atoms with Crippen LogP contribution in [0.1, 0.15) is 24.1 Å². The van der Waals surface area contributed by atoms with Crippen LogP contribution in [0.25, 0.3) is 10.8 Å². The van der Waals surface area contributed by atoms with E-state index >= 15 is 0 Å². The predicted octanol–water partition coefficient (Wildman–Crippen LogP) is 3.33. The molecule has 1 amide bonds. The molecule has 0 fully saturated rings. The van der Waals surface area contributed by atoms with Crippen molar-refractivity contribution in [2.75, 3.05) is 0 Å². The van der Waals surface area contributed by atoms with Gasteiger partial charge in [0, 0.05) is 11.4 Å². The fraction of sp³-hybridized carbons (Fsp3) is 0.250. The second-order valence-corrected chi connectivity index (χ2v) is 6.05. The van der Waals surface area contributed by atoms with Gasteiger partial charge in [0.15, 0.2) is 6.10 Å². The van der Waals surface area contributed by atoms with Gasteiger partial charge in [-0.15, -0.1) is 0 Å². The minimum Gasteiger partial charge on any atom is -0.481 e. The zero-order valence-electron chi connectivity index (χ0n) is 14.6. The number of hydrogen-bond acceptors (Lipinski definition) is 4. The number of carbonyl (C=O) groups excluding carboxylic acids is 1. The number of nitrogens with zero attached hydrogens (tertiary/aromatic N) is 2. The van der Waals surface area contributed by atoms with Gasteiger partial charge >= 0.3 is 0 Å². The average molecular weight is 335 g/mol. The van der Waals surface area contributed by atoms with Gasteiger partial charge in [-0.1, -0.05) is 30.3 Å². The Bertz CT molecular complexity index is 888. The van der Waals surface area contributed by atoms with E-state index in [1.165, 1.54) is 0 Å². The van der Waals surface area contributed by atoms with E-state index in [-0.39, 0.29) is 12.5 Å². The Morgan fingerprint density at radius 3 is 2.44 bits per heavy atom. The van der Waals surface area contributed by atoms with Crippen LogP contribution in [0.2, 0.25) is 0 Å². The smallest absolute Gasteiger partial charge is 0.261 e. The molecule has 0 spiro atoms. The summed E-state index contributed by atoms with van der Waals surface area (Å²) in [6.07, 6.45) is -0.605. The third-order valence-electron chi connectivity index (χ3n) is 3.85. The van der Waals surface area contributed by atoms with Gasteiger partial charge in [0.25, 0.3) is 5.91 Å². The van der Waals surface area contributed by atoms with E-state index in [1.807, 2.05) is 62.4 Å². The van der Waals surface area contributed by atoms with Crippen molar-refractivity contribution in [2.45, 2.75) is 33.4 Å². The van der Waals surface area contributed by atoms with Crippen LogP contribution in [0.4, 0.5) is 0 Å². The lowest BCUT2D eigenvalue weighted by molar-refractivity contribution is -0.127. The van der Waals surface area contributed by atoms with E-state index in [0.717, 1.165) is 22.2 Å². The van der Waals surface area contributed by atoms with Crippen LogP contribution in [0.15, 0.2) is 48.5 Å². The van der Waals surface area contributed by atoms with Crippen LogP contribution >= 0.6 is 0 Å². The number of fused-ring (bicyclic) bond motifs is 1. The van der Waals surface area contributed by atoms with Gasteiger partial charge < -0.3 is 10.1 Å². The summed E-state index contributed by atoms with van der Waals surface area (Å²) in [5.41, 5.74) is 1.77. The zero-order chi connectivity index (χ0) is 17.8. The monoisotopic (exact) mass is 335 g/mol. The Morgan fingerprint density at radius 2 is 1.72 bits per heavy atom. The number of ether oxygens (including phenoxy) is 1. The first kappa shape index (κ1) is 16.9. The van der Waals surface area contributed by atoms with Crippen LogP contribution in [-0.4, -0.2) is 22.0 Å². The Hall–Kier alpha value is -2.95. The van der Waals surface area contributed by atoms with E-state index in [0.29, 0.717) is 11.6 Å². The fourth-order valence-electron chi connectivity index (χ4n) is 2.69. The molecular weight excluding hydrogens is 314 g/mol. The number of nitrogens with one attached hydrogen (secondary N) is 1. The largest absolute Gasteiger partial charge is 0.481 e. The van der Waals surface area contributed by atoms with E-state index in [4.69, 9.17) is 4.74 Å². The molecule has 1 heterocycles. The summed E-state index contributed by atoms with van der Waals surface area (Å²) >= 11 is 0. The number of hydrogen-bond donors (Lipinski definition) is 1. The summed E-state index contributed by atoms with van der Waals surface area (Å²) in [6, 6.07) is 15.7. The molecule has 25 heavy (non-hydrogen) atoms. The van der Waals surface area contributed by atoms with E-state index in [9.17, 15) is 4.79 Å². The first-order valence-electron chi connectivity index (χ1n) is 8.25. The lowest BCUT2D eigenvalue weighted by atomic mass is 10.1. The number of amides is 1. The van der Waals surface area contributed by atoms with Crippen LogP contribution in [0.5, 0.6) is 5.75 Å². The third-order valence-corrected chi connectivity index (χ3v) is 3.85. The summed E-state index contributed by atoms with van der Waals surface area (Å²) in [4.78, 5) is 20.9. The molecule has 1 atom stereocenters. The van der Waals surface area contributed by atoms with Gasteiger partial charge in [-0.05, 0) is 49.7 Å². The predicted molar refractivity (Wildman–Crippen MR) is 97.4 cm³/mol. The molecule has 0 saturated heterocycles. The molecule has 0 saturated carbocycles. The summed E-state index contributed by atoms with van der Waals surface area (Å²) in [5, 5.41) is 5.04. The van der Waals surface area contributed by atoms with Crippen LogP contribution in [0.3, 0.4) is 0 Å². The zero-order valence-corrected chi connectivity index (χ0v) is 14.6. The summed E-state index contributed by atoms with van der Waals surface area (Å²) < 4.78 is 5.77. The number of benzene rings is 2. The van der Waals surface area contributed by atoms with E-state index in [1.54, 1.807) is 6.92 Å². The van der Waals surface area contributed by atoms with Crippen molar-refractivity contribution in [3.8, 4) is 5.75 Å². The van der Waals surface area contributed by atoms with Gasteiger partial charge in [0.1, 0.15) is 11.6 Å². The first-order valence-corrected chi connectivity index (χ1v) is 8.25. The molecule has 0 aliphatic carbocycles. The van der Waals surface area contributed by atoms with Crippen molar-refractivity contribution in [3.05, 3.63) is 65.7 Å². The molecule has 1 aromatic heterocycles. The van der Waals surface area contributed by atoms with Crippen LogP contribution < -0.4 is 10.1 Å². The second kappa shape index (κ2) is 7.30. The molecule has 1 N–H and O–H groups in total. The number of rotatable bonds is 5. The van der Waals surface area contributed by atoms with Gasteiger partial charge in [0.05, 0.1) is 6.54 Å². The average Bonchev–Trinajstić information content (AvgIpc) is 2.58. The highest BCUT2D eigenvalue weighted by molar-refractivity contribution is 5.84.